The number of benzene rings is 3. The van der Waals surface area contributed by atoms with Gasteiger partial charge in [-0.2, -0.15) is 4.31 Å². The zero-order valence-electron chi connectivity index (χ0n) is 17.9. The second-order valence-corrected chi connectivity index (χ2v) is 9.77. The van der Waals surface area contributed by atoms with E-state index in [1.165, 1.54) is 16.4 Å². The van der Waals surface area contributed by atoms with Crippen LogP contribution in [-0.2, 0) is 14.8 Å². The smallest absolute Gasteiger partial charge is 0.292 e. The average molecular weight is 469 g/mol. The SMILES string of the molecule is O=C(CCN1CCN(S(=O)(=O)c2ccc3ccccc3c2)CC1)Nc1ccccc1[N+](=O)[O-]. The number of fused-ring (bicyclic) bond motifs is 1. The van der Waals surface area contributed by atoms with E-state index in [-0.39, 0.29) is 28.6 Å². The molecule has 9 nitrogen and oxygen atoms in total. The molecule has 1 aliphatic rings. The third kappa shape index (κ3) is 5.19. The van der Waals surface area contributed by atoms with Crippen LogP contribution in [0.5, 0.6) is 0 Å². The Bertz CT molecular complexity index is 1290. The minimum atomic E-state index is -3.60. The fourth-order valence-corrected chi connectivity index (χ4v) is 5.34. The number of rotatable bonds is 7. The lowest BCUT2D eigenvalue weighted by Crippen LogP contribution is -2.49. The Morgan fingerprint density at radius 2 is 1.61 bits per heavy atom. The van der Waals surface area contributed by atoms with E-state index in [0.717, 1.165) is 10.8 Å². The lowest BCUT2D eigenvalue weighted by molar-refractivity contribution is -0.383. The normalized spacial score (nSPS) is 15.4. The molecule has 33 heavy (non-hydrogen) atoms. The molecule has 0 aliphatic carbocycles. The number of carbonyl (C=O) groups is 1. The molecule has 1 fully saturated rings. The number of hydrogen-bond donors (Lipinski definition) is 1. The van der Waals surface area contributed by atoms with Gasteiger partial charge in [0.25, 0.3) is 5.69 Å². The van der Waals surface area contributed by atoms with Crippen molar-refractivity contribution >= 4 is 38.1 Å². The van der Waals surface area contributed by atoms with Crippen molar-refractivity contribution in [3.63, 3.8) is 0 Å². The topological polar surface area (TPSA) is 113 Å². The van der Waals surface area contributed by atoms with Crippen molar-refractivity contribution in [2.45, 2.75) is 11.3 Å². The van der Waals surface area contributed by atoms with E-state index in [1.54, 1.807) is 24.3 Å². The molecular formula is C23H24N4O5S. The fourth-order valence-electron chi connectivity index (χ4n) is 3.88. The highest BCUT2D eigenvalue weighted by Crippen LogP contribution is 2.24. The molecule has 0 unspecified atom stereocenters. The van der Waals surface area contributed by atoms with Gasteiger partial charge in [0.05, 0.1) is 9.82 Å². The highest BCUT2D eigenvalue weighted by Gasteiger charge is 2.28. The number of nitro groups is 1. The van der Waals surface area contributed by atoms with Crippen molar-refractivity contribution in [2.24, 2.45) is 0 Å². The first kappa shape index (κ1) is 22.8. The zero-order chi connectivity index (χ0) is 23.4. The molecule has 1 aliphatic heterocycles. The number of anilines is 1. The standard InChI is InChI=1S/C23H24N4O5S/c28-23(24-21-7-3-4-8-22(21)27(29)30)11-12-25-13-15-26(16-14-25)33(31,32)20-10-9-18-5-1-2-6-19(18)17-20/h1-10,17H,11-16H2,(H,24,28). The summed E-state index contributed by atoms with van der Waals surface area (Å²) in [6.07, 6.45) is 0.156. The fraction of sp³-hybridized carbons (Fsp3) is 0.261. The Hall–Kier alpha value is -3.34. The van der Waals surface area contributed by atoms with E-state index >= 15 is 0 Å². The van der Waals surface area contributed by atoms with Crippen molar-refractivity contribution < 1.29 is 18.1 Å². The van der Waals surface area contributed by atoms with E-state index in [1.807, 2.05) is 35.2 Å². The summed E-state index contributed by atoms with van der Waals surface area (Å²) < 4.78 is 27.6. The lowest BCUT2D eigenvalue weighted by atomic mass is 10.1. The van der Waals surface area contributed by atoms with Gasteiger partial charge in [0, 0.05) is 45.2 Å². The second kappa shape index (κ2) is 9.65. The molecule has 0 spiro atoms. The highest BCUT2D eigenvalue weighted by atomic mass is 32.2. The third-order valence-electron chi connectivity index (χ3n) is 5.72. The largest absolute Gasteiger partial charge is 0.320 e. The van der Waals surface area contributed by atoms with Gasteiger partial charge in [0.2, 0.25) is 15.9 Å². The maximum absolute atomic E-state index is 13.1. The molecular weight excluding hydrogens is 444 g/mol. The Kier molecular flexibility index (Phi) is 6.68. The van der Waals surface area contributed by atoms with Crippen molar-refractivity contribution in [1.82, 2.24) is 9.21 Å². The third-order valence-corrected chi connectivity index (χ3v) is 7.61. The van der Waals surface area contributed by atoms with Gasteiger partial charge < -0.3 is 10.2 Å². The van der Waals surface area contributed by atoms with Crippen LogP contribution < -0.4 is 5.32 Å². The Balaban J connectivity index is 1.31. The molecule has 1 saturated heterocycles. The van der Waals surface area contributed by atoms with Crippen LogP contribution in [0.2, 0.25) is 0 Å². The summed E-state index contributed by atoms with van der Waals surface area (Å²) in [7, 11) is -3.60. The molecule has 172 valence electrons. The van der Waals surface area contributed by atoms with E-state index in [2.05, 4.69) is 5.32 Å². The molecule has 4 rings (SSSR count). The number of nitrogens with zero attached hydrogens (tertiary/aromatic N) is 3. The van der Waals surface area contributed by atoms with Crippen LogP contribution in [-0.4, -0.2) is 61.2 Å². The Morgan fingerprint density at radius 3 is 2.33 bits per heavy atom. The van der Waals surface area contributed by atoms with E-state index < -0.39 is 14.9 Å². The predicted octanol–water partition coefficient (Wildman–Crippen LogP) is 3.08. The molecule has 1 heterocycles. The number of nitrogens with one attached hydrogen (secondary N) is 1. The Morgan fingerprint density at radius 1 is 0.939 bits per heavy atom. The van der Waals surface area contributed by atoms with Gasteiger partial charge >= 0.3 is 0 Å². The first-order valence-corrected chi connectivity index (χ1v) is 12.0. The van der Waals surface area contributed by atoms with Crippen LogP contribution in [0.25, 0.3) is 10.8 Å². The van der Waals surface area contributed by atoms with Gasteiger partial charge in [-0.05, 0) is 29.0 Å². The summed E-state index contributed by atoms with van der Waals surface area (Å²) in [6.45, 7) is 2.12. The van der Waals surface area contributed by atoms with Gasteiger partial charge in [-0.15, -0.1) is 0 Å². The highest BCUT2D eigenvalue weighted by molar-refractivity contribution is 7.89. The number of amides is 1. The summed E-state index contributed by atoms with van der Waals surface area (Å²) in [4.78, 5) is 25.1. The lowest BCUT2D eigenvalue weighted by Gasteiger charge is -2.33. The molecule has 3 aromatic rings. The van der Waals surface area contributed by atoms with Crippen LogP contribution in [0, 0.1) is 10.1 Å². The molecule has 3 aromatic carbocycles. The summed E-state index contributed by atoms with van der Waals surface area (Å²) in [5.74, 6) is -0.324. The molecule has 0 radical (unpaired) electrons. The molecule has 1 N–H and O–H groups in total. The van der Waals surface area contributed by atoms with Crippen LogP contribution in [0.15, 0.2) is 71.6 Å². The second-order valence-electron chi connectivity index (χ2n) is 7.83. The number of carbonyl (C=O) groups excluding carboxylic acids is 1. The molecule has 0 bridgehead atoms. The molecule has 0 atom stereocenters. The number of hydrogen-bond acceptors (Lipinski definition) is 6. The van der Waals surface area contributed by atoms with Crippen molar-refractivity contribution in [3.8, 4) is 0 Å². The van der Waals surface area contributed by atoms with Crippen molar-refractivity contribution in [1.29, 1.82) is 0 Å². The van der Waals surface area contributed by atoms with E-state index in [9.17, 15) is 23.3 Å². The van der Waals surface area contributed by atoms with Crippen LogP contribution in [0.3, 0.4) is 0 Å². The number of para-hydroxylation sites is 2. The molecule has 1 amide bonds. The maximum Gasteiger partial charge on any atom is 0.292 e. The molecule has 10 heteroatoms. The van der Waals surface area contributed by atoms with Crippen LogP contribution in [0.4, 0.5) is 11.4 Å². The predicted molar refractivity (Wildman–Crippen MR) is 125 cm³/mol. The summed E-state index contributed by atoms with van der Waals surface area (Å²) in [5.41, 5.74) is 0.0113. The average Bonchev–Trinajstić information content (AvgIpc) is 2.83. The van der Waals surface area contributed by atoms with Crippen molar-refractivity contribution in [3.05, 3.63) is 76.8 Å². The zero-order valence-corrected chi connectivity index (χ0v) is 18.7. The summed E-state index contributed by atoms with van der Waals surface area (Å²) >= 11 is 0. The Labute approximate surface area is 191 Å². The van der Waals surface area contributed by atoms with Crippen molar-refractivity contribution in [2.75, 3.05) is 38.0 Å². The summed E-state index contributed by atoms with van der Waals surface area (Å²) in [5, 5.41) is 15.5. The van der Waals surface area contributed by atoms with Gasteiger partial charge in [0.15, 0.2) is 0 Å². The quantitative estimate of drug-likeness (QED) is 0.421. The van der Waals surface area contributed by atoms with Gasteiger partial charge in [-0.25, -0.2) is 8.42 Å². The molecule has 0 saturated carbocycles. The van der Waals surface area contributed by atoms with Gasteiger partial charge in [-0.1, -0.05) is 42.5 Å². The van der Waals surface area contributed by atoms with Crippen LogP contribution in [0.1, 0.15) is 6.42 Å². The first-order valence-electron chi connectivity index (χ1n) is 10.6. The van der Waals surface area contributed by atoms with Gasteiger partial charge in [0.1, 0.15) is 5.69 Å². The van der Waals surface area contributed by atoms with Crippen LogP contribution >= 0.6 is 0 Å². The maximum atomic E-state index is 13.1. The molecule has 0 aromatic heterocycles. The number of nitro benzene ring substituents is 1. The van der Waals surface area contributed by atoms with Gasteiger partial charge in [-0.3, -0.25) is 14.9 Å². The first-order chi connectivity index (χ1) is 15.8. The summed E-state index contributed by atoms with van der Waals surface area (Å²) in [6, 6.07) is 18.8. The number of piperazine rings is 1. The monoisotopic (exact) mass is 468 g/mol. The number of sulfonamides is 1. The van der Waals surface area contributed by atoms with E-state index in [4.69, 9.17) is 0 Å². The minimum absolute atomic E-state index is 0.154. The minimum Gasteiger partial charge on any atom is -0.320 e. The van der Waals surface area contributed by atoms with E-state index in [0.29, 0.717) is 32.7 Å².